The number of nitrogens with zero attached hydrogens (tertiary/aromatic N) is 5. The topological polar surface area (TPSA) is 58.3 Å². The summed E-state index contributed by atoms with van der Waals surface area (Å²) < 4.78 is 1.89. The van der Waals surface area contributed by atoms with E-state index in [0.717, 1.165) is 30.3 Å². The molecular weight excluding hydrogens is 312 g/mol. The van der Waals surface area contributed by atoms with Crippen molar-refractivity contribution >= 4 is 11.5 Å². The first-order chi connectivity index (χ1) is 12.2. The molecule has 0 spiro atoms. The molecule has 6 nitrogen and oxygen atoms in total. The van der Waals surface area contributed by atoms with Crippen LogP contribution in [0.3, 0.4) is 0 Å². The zero-order chi connectivity index (χ0) is 17.2. The van der Waals surface area contributed by atoms with Crippen molar-refractivity contribution in [2.24, 2.45) is 0 Å². The lowest BCUT2D eigenvalue weighted by molar-refractivity contribution is 0.303. The molecule has 130 valence electrons. The van der Waals surface area contributed by atoms with Gasteiger partial charge in [-0.2, -0.15) is 4.52 Å². The predicted octanol–water partition coefficient (Wildman–Crippen LogP) is 2.59. The van der Waals surface area contributed by atoms with E-state index >= 15 is 0 Å². The minimum atomic E-state index is 0.392. The van der Waals surface area contributed by atoms with Crippen molar-refractivity contribution in [2.75, 3.05) is 26.0 Å². The first kappa shape index (κ1) is 16.0. The van der Waals surface area contributed by atoms with E-state index in [0.29, 0.717) is 12.0 Å². The summed E-state index contributed by atoms with van der Waals surface area (Å²) in [6.45, 7) is 0.835. The van der Waals surface area contributed by atoms with Gasteiger partial charge in [-0.3, -0.25) is 0 Å². The SMILES string of the molecule is CN(C)[C@H](CNc1ccc2nnc(C3CC3)n2n1)Cc1ccccc1. The second-order valence-corrected chi connectivity index (χ2v) is 7.01. The fourth-order valence-electron chi connectivity index (χ4n) is 3.04. The fraction of sp³-hybridized carbons (Fsp3) is 0.421. The van der Waals surface area contributed by atoms with Gasteiger partial charge in [0, 0.05) is 18.5 Å². The summed E-state index contributed by atoms with van der Waals surface area (Å²) in [4.78, 5) is 2.26. The summed E-state index contributed by atoms with van der Waals surface area (Å²) in [5.74, 6) is 2.39. The summed E-state index contributed by atoms with van der Waals surface area (Å²) in [6.07, 6.45) is 3.39. The fourth-order valence-corrected chi connectivity index (χ4v) is 3.04. The Hall–Kier alpha value is -2.47. The van der Waals surface area contributed by atoms with Gasteiger partial charge in [-0.1, -0.05) is 30.3 Å². The summed E-state index contributed by atoms with van der Waals surface area (Å²) >= 11 is 0. The number of aromatic nitrogens is 4. The zero-order valence-electron chi connectivity index (χ0n) is 14.8. The predicted molar refractivity (Wildman–Crippen MR) is 98.9 cm³/mol. The lowest BCUT2D eigenvalue weighted by atomic mass is 10.1. The summed E-state index contributed by atoms with van der Waals surface area (Å²) in [5, 5.41) is 16.7. The molecule has 25 heavy (non-hydrogen) atoms. The molecule has 2 heterocycles. The number of nitrogens with one attached hydrogen (secondary N) is 1. The molecule has 0 bridgehead atoms. The molecule has 0 aliphatic heterocycles. The van der Waals surface area contributed by atoms with Crippen LogP contribution in [-0.4, -0.2) is 51.4 Å². The van der Waals surface area contributed by atoms with Gasteiger partial charge in [0.2, 0.25) is 0 Å². The highest BCUT2D eigenvalue weighted by Crippen LogP contribution is 2.38. The number of hydrogen-bond donors (Lipinski definition) is 1. The standard InChI is InChI=1S/C19H24N6/c1-24(2)16(12-14-6-4-3-5-7-14)13-20-17-10-11-18-21-22-19(15-8-9-15)25(18)23-17/h3-7,10-11,15-16H,8-9,12-13H2,1-2H3,(H,20,23)/t16-/m0/s1. The first-order valence-electron chi connectivity index (χ1n) is 8.87. The van der Waals surface area contributed by atoms with Crippen LogP contribution in [0.1, 0.15) is 30.1 Å². The Labute approximate surface area is 147 Å². The van der Waals surface area contributed by atoms with Gasteiger partial charge in [-0.15, -0.1) is 15.3 Å². The van der Waals surface area contributed by atoms with E-state index in [1.807, 2.05) is 16.6 Å². The number of rotatable bonds is 7. The van der Waals surface area contributed by atoms with E-state index in [2.05, 4.69) is 64.8 Å². The van der Waals surface area contributed by atoms with E-state index in [4.69, 9.17) is 5.10 Å². The van der Waals surface area contributed by atoms with Gasteiger partial charge >= 0.3 is 0 Å². The zero-order valence-corrected chi connectivity index (χ0v) is 14.8. The Balaban J connectivity index is 1.47. The smallest absolute Gasteiger partial charge is 0.178 e. The van der Waals surface area contributed by atoms with E-state index in [1.54, 1.807) is 0 Å². The Morgan fingerprint density at radius 3 is 2.64 bits per heavy atom. The maximum absolute atomic E-state index is 4.70. The van der Waals surface area contributed by atoms with Crippen LogP contribution >= 0.6 is 0 Å². The highest BCUT2D eigenvalue weighted by molar-refractivity contribution is 5.44. The third kappa shape index (κ3) is 3.64. The number of likely N-dealkylation sites (N-methyl/N-ethyl adjacent to an activating group) is 1. The number of benzene rings is 1. The van der Waals surface area contributed by atoms with Crippen LogP contribution in [-0.2, 0) is 6.42 Å². The molecule has 0 unspecified atom stereocenters. The van der Waals surface area contributed by atoms with Crippen LogP contribution in [0.4, 0.5) is 5.82 Å². The molecule has 1 aliphatic carbocycles. The van der Waals surface area contributed by atoms with Crippen molar-refractivity contribution in [3.8, 4) is 0 Å². The maximum Gasteiger partial charge on any atom is 0.178 e. The minimum Gasteiger partial charge on any atom is -0.367 e. The Morgan fingerprint density at radius 1 is 1.12 bits per heavy atom. The molecule has 0 radical (unpaired) electrons. The molecule has 1 aromatic carbocycles. The van der Waals surface area contributed by atoms with Gasteiger partial charge in [0.15, 0.2) is 11.5 Å². The van der Waals surface area contributed by atoms with Gasteiger partial charge in [0.1, 0.15) is 5.82 Å². The molecule has 1 N–H and O–H groups in total. The van der Waals surface area contributed by atoms with Crippen LogP contribution in [0.25, 0.3) is 5.65 Å². The summed E-state index contributed by atoms with van der Waals surface area (Å²) in [5.41, 5.74) is 2.17. The quantitative estimate of drug-likeness (QED) is 0.719. The Morgan fingerprint density at radius 2 is 1.92 bits per heavy atom. The molecule has 0 saturated heterocycles. The van der Waals surface area contributed by atoms with Crippen LogP contribution in [0.15, 0.2) is 42.5 Å². The van der Waals surface area contributed by atoms with E-state index in [1.165, 1.54) is 18.4 Å². The highest BCUT2D eigenvalue weighted by Gasteiger charge is 2.29. The first-order valence-corrected chi connectivity index (χ1v) is 8.87. The number of anilines is 1. The van der Waals surface area contributed by atoms with Crippen molar-refractivity contribution in [3.63, 3.8) is 0 Å². The lowest BCUT2D eigenvalue weighted by Gasteiger charge is -2.25. The molecule has 1 atom stereocenters. The monoisotopic (exact) mass is 336 g/mol. The number of hydrogen-bond acceptors (Lipinski definition) is 5. The van der Waals surface area contributed by atoms with Crippen molar-refractivity contribution in [1.29, 1.82) is 0 Å². The van der Waals surface area contributed by atoms with E-state index in [9.17, 15) is 0 Å². The molecule has 6 heteroatoms. The lowest BCUT2D eigenvalue weighted by Crippen LogP contribution is -2.36. The average molecular weight is 336 g/mol. The Bertz CT molecular complexity index is 838. The van der Waals surface area contributed by atoms with Crippen LogP contribution < -0.4 is 5.32 Å². The largest absolute Gasteiger partial charge is 0.367 e. The van der Waals surface area contributed by atoms with E-state index < -0.39 is 0 Å². The van der Waals surface area contributed by atoms with Crippen molar-refractivity contribution in [1.82, 2.24) is 24.7 Å². The second kappa shape index (κ2) is 6.80. The number of fused-ring (bicyclic) bond motifs is 1. The second-order valence-electron chi connectivity index (χ2n) is 7.01. The van der Waals surface area contributed by atoms with Crippen molar-refractivity contribution in [2.45, 2.75) is 31.2 Å². The molecule has 1 aliphatic rings. The molecular formula is C19H24N6. The molecule has 3 aromatic rings. The van der Waals surface area contributed by atoms with Gasteiger partial charge in [0.25, 0.3) is 0 Å². The van der Waals surface area contributed by atoms with Gasteiger partial charge < -0.3 is 10.2 Å². The third-order valence-corrected chi connectivity index (χ3v) is 4.79. The molecule has 1 fully saturated rings. The third-order valence-electron chi connectivity index (χ3n) is 4.79. The molecule has 0 amide bonds. The molecule has 4 rings (SSSR count). The molecule has 2 aromatic heterocycles. The van der Waals surface area contributed by atoms with Crippen molar-refractivity contribution < 1.29 is 0 Å². The highest BCUT2D eigenvalue weighted by atomic mass is 15.4. The summed E-state index contributed by atoms with van der Waals surface area (Å²) in [7, 11) is 4.24. The van der Waals surface area contributed by atoms with Gasteiger partial charge in [-0.05, 0) is 51.1 Å². The average Bonchev–Trinajstić information content (AvgIpc) is 3.38. The maximum atomic E-state index is 4.70. The minimum absolute atomic E-state index is 0.392. The van der Waals surface area contributed by atoms with Crippen LogP contribution in [0.5, 0.6) is 0 Å². The van der Waals surface area contributed by atoms with Gasteiger partial charge in [0.05, 0.1) is 0 Å². The normalized spacial score (nSPS) is 15.6. The van der Waals surface area contributed by atoms with Crippen molar-refractivity contribution in [3.05, 3.63) is 53.9 Å². The van der Waals surface area contributed by atoms with Crippen LogP contribution in [0, 0.1) is 0 Å². The van der Waals surface area contributed by atoms with Crippen LogP contribution in [0.2, 0.25) is 0 Å². The Kier molecular flexibility index (Phi) is 4.36. The summed E-state index contributed by atoms with van der Waals surface area (Å²) in [6, 6.07) is 15.0. The van der Waals surface area contributed by atoms with E-state index in [-0.39, 0.29) is 0 Å². The molecule has 1 saturated carbocycles. The van der Waals surface area contributed by atoms with Gasteiger partial charge in [-0.25, -0.2) is 0 Å².